The highest BCUT2D eigenvalue weighted by Crippen LogP contribution is 2.24. The molecule has 1 aromatic heterocycles. The number of rotatable bonds is 10. The van der Waals surface area contributed by atoms with Crippen LogP contribution in [0.4, 0.5) is 5.69 Å². The maximum atomic E-state index is 12.1. The Balaban J connectivity index is 1.76. The summed E-state index contributed by atoms with van der Waals surface area (Å²) in [7, 11) is 1.60. The molecule has 0 saturated heterocycles. The van der Waals surface area contributed by atoms with E-state index in [-0.39, 0.29) is 5.91 Å². The Morgan fingerprint density at radius 1 is 1.12 bits per heavy atom. The van der Waals surface area contributed by atoms with Gasteiger partial charge in [-0.1, -0.05) is 12.1 Å². The predicted molar refractivity (Wildman–Crippen MR) is 99.1 cm³/mol. The number of hydrogen-bond donors (Lipinski definition) is 1. The van der Waals surface area contributed by atoms with Gasteiger partial charge in [-0.15, -0.1) is 0 Å². The molecule has 0 aliphatic heterocycles. The smallest absolute Gasteiger partial charge is 0.237 e. The maximum absolute atomic E-state index is 12.1. The number of nitrogens with zero attached hydrogens (tertiary/aromatic N) is 1. The van der Waals surface area contributed by atoms with Gasteiger partial charge in [-0.05, 0) is 46.6 Å². The normalized spacial score (nSPS) is 10.3. The third-order valence-electron chi connectivity index (χ3n) is 3.21. The topological polar surface area (TPSA) is 69.7 Å². The number of halogens is 1. The molecular weight excluding hydrogens is 388 g/mol. The average molecular weight is 409 g/mol. The Hall–Kier alpha value is -2.12. The second kappa shape index (κ2) is 10.7. The summed E-state index contributed by atoms with van der Waals surface area (Å²) in [5, 5.41) is 2.82. The zero-order valence-corrected chi connectivity index (χ0v) is 15.6. The fraction of sp³-hybridized carbons (Fsp3) is 0.333. The van der Waals surface area contributed by atoms with Crippen molar-refractivity contribution in [3.05, 3.63) is 47.1 Å². The van der Waals surface area contributed by atoms with E-state index < -0.39 is 0 Å². The first-order chi connectivity index (χ1) is 12.2. The summed E-state index contributed by atoms with van der Waals surface area (Å²) < 4.78 is 17.0. The van der Waals surface area contributed by atoms with Crippen LogP contribution in [0.1, 0.15) is 12.8 Å². The summed E-state index contributed by atoms with van der Waals surface area (Å²) in [6, 6.07) is 11.1. The van der Waals surface area contributed by atoms with Crippen molar-refractivity contribution in [2.75, 3.05) is 32.2 Å². The molecule has 0 fully saturated rings. The lowest BCUT2D eigenvalue weighted by Gasteiger charge is -2.11. The standard InChI is InChI=1S/C18H21BrN2O4/c1-23-12-13-25-18-15(7-4-10-20-18)21-17(22)9-5-11-24-16-8-3-2-6-14(16)19/h2-4,6-8,10H,5,9,11-13H2,1H3,(H,21,22). The molecule has 0 atom stereocenters. The highest BCUT2D eigenvalue weighted by molar-refractivity contribution is 9.10. The minimum Gasteiger partial charge on any atom is -0.492 e. The Labute approximate surface area is 155 Å². The van der Waals surface area contributed by atoms with Gasteiger partial charge in [0.25, 0.3) is 0 Å². The van der Waals surface area contributed by atoms with Crippen LogP contribution in [0.15, 0.2) is 47.1 Å². The molecule has 134 valence electrons. The van der Waals surface area contributed by atoms with Gasteiger partial charge < -0.3 is 19.5 Å². The van der Waals surface area contributed by atoms with Gasteiger partial charge in [-0.2, -0.15) is 0 Å². The molecule has 6 nitrogen and oxygen atoms in total. The lowest BCUT2D eigenvalue weighted by atomic mass is 10.3. The van der Waals surface area contributed by atoms with Crippen LogP contribution in [0.2, 0.25) is 0 Å². The van der Waals surface area contributed by atoms with Crippen molar-refractivity contribution in [2.45, 2.75) is 12.8 Å². The molecule has 2 rings (SSSR count). The fourth-order valence-electron chi connectivity index (χ4n) is 2.01. The molecule has 0 spiro atoms. The first-order valence-electron chi connectivity index (χ1n) is 7.94. The predicted octanol–water partition coefficient (Wildman–Crippen LogP) is 3.67. The quantitative estimate of drug-likeness (QED) is 0.607. The monoisotopic (exact) mass is 408 g/mol. The van der Waals surface area contributed by atoms with Gasteiger partial charge in [-0.25, -0.2) is 4.98 Å². The Morgan fingerprint density at radius 2 is 1.96 bits per heavy atom. The fourth-order valence-corrected chi connectivity index (χ4v) is 2.41. The average Bonchev–Trinajstić information content (AvgIpc) is 2.62. The molecular formula is C18H21BrN2O4. The second-order valence-corrected chi connectivity index (χ2v) is 5.98. The van der Waals surface area contributed by atoms with Crippen LogP contribution in [-0.2, 0) is 9.53 Å². The molecule has 1 aromatic carbocycles. The van der Waals surface area contributed by atoms with Gasteiger partial charge >= 0.3 is 0 Å². The lowest BCUT2D eigenvalue weighted by Crippen LogP contribution is -2.15. The summed E-state index contributed by atoms with van der Waals surface area (Å²) in [5.41, 5.74) is 0.551. The molecule has 7 heteroatoms. The number of carbonyl (C=O) groups excluding carboxylic acids is 1. The van der Waals surface area contributed by atoms with Crippen molar-refractivity contribution >= 4 is 27.5 Å². The van der Waals surface area contributed by atoms with Crippen LogP contribution in [0.3, 0.4) is 0 Å². The summed E-state index contributed by atoms with van der Waals surface area (Å²) in [6.45, 7) is 1.28. The zero-order valence-electron chi connectivity index (χ0n) is 14.0. The van der Waals surface area contributed by atoms with Crippen LogP contribution in [0.25, 0.3) is 0 Å². The Kier molecular flexibility index (Phi) is 8.21. The van der Waals surface area contributed by atoms with E-state index in [0.717, 1.165) is 10.2 Å². The molecule has 2 aromatic rings. The minimum atomic E-state index is -0.111. The second-order valence-electron chi connectivity index (χ2n) is 5.13. The lowest BCUT2D eigenvalue weighted by molar-refractivity contribution is -0.116. The molecule has 0 radical (unpaired) electrons. The summed E-state index contributed by atoms with van der Waals surface area (Å²) in [5.74, 6) is 1.04. The summed E-state index contributed by atoms with van der Waals surface area (Å²) in [6.07, 6.45) is 2.56. The van der Waals surface area contributed by atoms with E-state index in [9.17, 15) is 4.79 Å². The molecule has 1 N–H and O–H groups in total. The van der Waals surface area contributed by atoms with Gasteiger partial charge in [0.2, 0.25) is 11.8 Å². The van der Waals surface area contributed by atoms with Crippen LogP contribution < -0.4 is 14.8 Å². The maximum Gasteiger partial charge on any atom is 0.237 e. The third-order valence-corrected chi connectivity index (χ3v) is 3.87. The SMILES string of the molecule is COCCOc1ncccc1NC(=O)CCCOc1ccccc1Br. The Bertz CT molecular complexity index is 682. The van der Waals surface area contributed by atoms with Crippen LogP contribution in [0.5, 0.6) is 11.6 Å². The summed E-state index contributed by atoms with van der Waals surface area (Å²) in [4.78, 5) is 16.2. The van der Waals surface area contributed by atoms with Gasteiger partial charge in [0.05, 0.1) is 17.7 Å². The molecule has 0 aliphatic carbocycles. The van der Waals surface area contributed by atoms with Crippen LogP contribution in [0, 0.1) is 0 Å². The molecule has 0 unspecified atom stereocenters. The number of pyridine rings is 1. The number of benzene rings is 1. The van der Waals surface area contributed by atoms with Crippen molar-refractivity contribution in [2.24, 2.45) is 0 Å². The van der Waals surface area contributed by atoms with Crippen LogP contribution >= 0.6 is 15.9 Å². The Morgan fingerprint density at radius 3 is 2.76 bits per heavy atom. The van der Waals surface area contributed by atoms with E-state index >= 15 is 0 Å². The first kappa shape index (κ1) is 19.2. The van der Waals surface area contributed by atoms with Gasteiger partial charge in [0.1, 0.15) is 18.0 Å². The number of nitrogens with one attached hydrogen (secondary N) is 1. The van der Waals surface area contributed by atoms with Gasteiger partial charge in [0.15, 0.2) is 0 Å². The number of ether oxygens (including phenoxy) is 3. The highest BCUT2D eigenvalue weighted by atomic mass is 79.9. The van der Waals surface area contributed by atoms with Crippen molar-refractivity contribution in [3.63, 3.8) is 0 Å². The minimum absolute atomic E-state index is 0.111. The number of anilines is 1. The number of hydrogen-bond acceptors (Lipinski definition) is 5. The van der Waals surface area contributed by atoms with E-state index in [1.165, 1.54) is 0 Å². The first-order valence-corrected chi connectivity index (χ1v) is 8.74. The molecule has 1 amide bonds. The van der Waals surface area contributed by atoms with E-state index in [4.69, 9.17) is 14.2 Å². The molecule has 0 aliphatic rings. The largest absolute Gasteiger partial charge is 0.492 e. The van der Waals surface area contributed by atoms with E-state index in [2.05, 4.69) is 26.2 Å². The molecule has 25 heavy (non-hydrogen) atoms. The molecule has 0 saturated carbocycles. The zero-order chi connectivity index (χ0) is 17.9. The van der Waals surface area contributed by atoms with Crippen molar-refractivity contribution in [1.82, 2.24) is 4.98 Å². The van der Waals surface area contributed by atoms with Gasteiger partial charge in [0, 0.05) is 19.7 Å². The van der Waals surface area contributed by atoms with E-state index in [1.807, 2.05) is 24.3 Å². The third kappa shape index (κ3) is 6.72. The number of methoxy groups -OCH3 is 1. The summed E-state index contributed by atoms with van der Waals surface area (Å²) >= 11 is 3.42. The number of para-hydroxylation sites is 1. The number of aromatic nitrogens is 1. The van der Waals surface area contributed by atoms with Crippen LogP contribution in [-0.4, -0.2) is 37.8 Å². The molecule has 1 heterocycles. The van der Waals surface area contributed by atoms with E-state index in [0.29, 0.717) is 44.2 Å². The highest BCUT2D eigenvalue weighted by Gasteiger charge is 2.09. The van der Waals surface area contributed by atoms with Gasteiger partial charge in [-0.3, -0.25) is 4.79 Å². The van der Waals surface area contributed by atoms with E-state index in [1.54, 1.807) is 25.4 Å². The van der Waals surface area contributed by atoms with Crippen molar-refractivity contribution in [3.8, 4) is 11.6 Å². The van der Waals surface area contributed by atoms with Crippen molar-refractivity contribution < 1.29 is 19.0 Å². The molecule has 0 bridgehead atoms. The number of amides is 1. The number of carbonyl (C=O) groups is 1. The van der Waals surface area contributed by atoms with Crippen molar-refractivity contribution in [1.29, 1.82) is 0 Å².